The Balaban J connectivity index is 2.28. The van der Waals surface area contributed by atoms with E-state index in [4.69, 9.17) is 5.11 Å². The highest BCUT2D eigenvalue weighted by Crippen LogP contribution is 2.39. The molecule has 0 heterocycles. The van der Waals surface area contributed by atoms with Crippen LogP contribution in [0.1, 0.15) is 91.4 Å². The van der Waals surface area contributed by atoms with Crippen LogP contribution in [0.2, 0.25) is 0 Å². The van der Waals surface area contributed by atoms with Crippen molar-refractivity contribution in [3.05, 3.63) is 22.7 Å². The molecule has 0 amide bonds. The van der Waals surface area contributed by atoms with Crippen LogP contribution in [-0.2, 0) is 4.79 Å². The monoisotopic (exact) mass is 412 g/mol. The van der Waals surface area contributed by atoms with Gasteiger partial charge in [-0.1, -0.05) is 77.9 Å². The number of hydrogen-bond donors (Lipinski definition) is 1. The van der Waals surface area contributed by atoms with Gasteiger partial charge >= 0.3 is 5.97 Å². The van der Waals surface area contributed by atoms with Crippen molar-refractivity contribution in [1.29, 1.82) is 0 Å². The number of carbonyl (C=O) groups is 1. The molecule has 1 fully saturated rings. The molecule has 1 aliphatic carbocycles. The Morgan fingerprint density at radius 2 is 1.80 bits per heavy atom. The summed E-state index contributed by atoms with van der Waals surface area (Å²) in [6, 6.07) is 0. The summed E-state index contributed by atoms with van der Waals surface area (Å²) in [7, 11) is 0. The molecule has 0 aromatic carbocycles. The Kier molecular flexibility index (Phi) is 10.7. The van der Waals surface area contributed by atoms with E-state index in [0.717, 1.165) is 18.3 Å². The van der Waals surface area contributed by atoms with E-state index >= 15 is 0 Å². The first-order chi connectivity index (χ1) is 11.9. The van der Waals surface area contributed by atoms with Crippen molar-refractivity contribution in [3.63, 3.8) is 0 Å². The molecule has 0 bridgehead atoms. The van der Waals surface area contributed by atoms with Gasteiger partial charge in [-0.3, -0.25) is 0 Å². The van der Waals surface area contributed by atoms with Gasteiger partial charge in [-0.15, -0.1) is 0 Å². The second-order valence-corrected chi connectivity index (χ2v) is 9.29. The Morgan fingerprint density at radius 3 is 2.44 bits per heavy atom. The molecule has 144 valence electrons. The van der Waals surface area contributed by atoms with E-state index in [9.17, 15) is 4.79 Å². The van der Waals surface area contributed by atoms with Crippen molar-refractivity contribution in [2.24, 2.45) is 17.3 Å². The molecule has 0 unspecified atom stereocenters. The number of halogens is 1. The summed E-state index contributed by atoms with van der Waals surface area (Å²) in [4.78, 5) is 10.7. The number of allylic oxidation sites excluding steroid dienone is 3. The van der Waals surface area contributed by atoms with Crippen molar-refractivity contribution in [3.8, 4) is 0 Å². The molecular formula is C22H37BrO2. The van der Waals surface area contributed by atoms with E-state index < -0.39 is 5.97 Å². The Labute approximate surface area is 163 Å². The smallest absolute Gasteiger partial charge is 0.342 e. The molecule has 1 aliphatic rings. The van der Waals surface area contributed by atoms with Gasteiger partial charge in [0.05, 0.1) is 0 Å². The average Bonchev–Trinajstić information content (AvgIpc) is 2.99. The van der Waals surface area contributed by atoms with Crippen LogP contribution in [0.5, 0.6) is 0 Å². The minimum absolute atomic E-state index is 0.216. The van der Waals surface area contributed by atoms with E-state index in [1.165, 1.54) is 64.2 Å². The molecule has 1 rings (SSSR count). The van der Waals surface area contributed by atoms with Gasteiger partial charge in [0.1, 0.15) is 4.48 Å². The molecule has 1 N–H and O–H groups in total. The fourth-order valence-corrected chi connectivity index (χ4v) is 4.28. The van der Waals surface area contributed by atoms with Gasteiger partial charge in [0.2, 0.25) is 0 Å². The Morgan fingerprint density at radius 1 is 1.16 bits per heavy atom. The standard InChI is InChI=1S/C22H37BrO2/c1-4-5-16-22(2,3)17-10-14-19-13-9-12-18(19)11-7-6-8-15-20(23)21(24)25/h6,8,15,18-19H,4-5,7,9-14,16-17H2,1-3H3,(H,24,25)/t18-,19+/m0/s1. The summed E-state index contributed by atoms with van der Waals surface area (Å²) in [6.07, 6.45) is 20.2. The zero-order valence-electron chi connectivity index (χ0n) is 16.4. The van der Waals surface area contributed by atoms with Gasteiger partial charge in [-0.25, -0.2) is 4.79 Å². The van der Waals surface area contributed by atoms with Gasteiger partial charge in [0.25, 0.3) is 0 Å². The van der Waals surface area contributed by atoms with Gasteiger partial charge in [-0.05, 0) is 64.9 Å². The van der Waals surface area contributed by atoms with Crippen LogP contribution in [-0.4, -0.2) is 11.1 Å². The van der Waals surface area contributed by atoms with Crippen LogP contribution in [0.4, 0.5) is 0 Å². The number of unbranched alkanes of at least 4 members (excludes halogenated alkanes) is 1. The first-order valence-corrected chi connectivity index (χ1v) is 10.9. The predicted octanol–water partition coefficient (Wildman–Crippen LogP) is 7.49. The topological polar surface area (TPSA) is 37.3 Å². The lowest BCUT2D eigenvalue weighted by Crippen LogP contribution is -2.13. The van der Waals surface area contributed by atoms with Crippen molar-refractivity contribution >= 4 is 21.9 Å². The second-order valence-electron chi connectivity index (χ2n) is 8.44. The van der Waals surface area contributed by atoms with Crippen LogP contribution in [0.25, 0.3) is 0 Å². The zero-order valence-corrected chi connectivity index (χ0v) is 18.0. The summed E-state index contributed by atoms with van der Waals surface area (Å²) in [6.45, 7) is 7.15. The second kappa shape index (κ2) is 11.9. The molecule has 2 atom stereocenters. The van der Waals surface area contributed by atoms with Gasteiger partial charge in [0, 0.05) is 0 Å². The van der Waals surface area contributed by atoms with Crippen LogP contribution in [0.15, 0.2) is 22.7 Å². The normalized spacial score (nSPS) is 22.0. The largest absolute Gasteiger partial charge is 0.477 e. The lowest BCUT2D eigenvalue weighted by Gasteiger charge is -2.26. The third kappa shape index (κ3) is 9.63. The molecule has 0 spiro atoms. The number of aliphatic carboxylic acids is 1. The first-order valence-electron chi connectivity index (χ1n) is 10.1. The fourth-order valence-electron chi connectivity index (χ4n) is 4.13. The first kappa shape index (κ1) is 22.5. The van der Waals surface area contributed by atoms with Crippen molar-refractivity contribution in [2.75, 3.05) is 0 Å². The van der Waals surface area contributed by atoms with E-state index in [0.29, 0.717) is 5.41 Å². The highest BCUT2D eigenvalue weighted by molar-refractivity contribution is 9.12. The quantitative estimate of drug-likeness (QED) is 0.266. The molecular weight excluding hydrogens is 376 g/mol. The number of carboxylic acid groups (broad SMARTS) is 1. The highest BCUT2D eigenvalue weighted by Gasteiger charge is 2.27. The van der Waals surface area contributed by atoms with Crippen LogP contribution < -0.4 is 0 Å². The minimum Gasteiger partial charge on any atom is -0.477 e. The molecule has 1 saturated carbocycles. The van der Waals surface area contributed by atoms with Gasteiger partial charge in [0.15, 0.2) is 0 Å². The van der Waals surface area contributed by atoms with Gasteiger partial charge in [-0.2, -0.15) is 0 Å². The van der Waals surface area contributed by atoms with E-state index in [1.54, 1.807) is 6.08 Å². The maximum Gasteiger partial charge on any atom is 0.342 e. The van der Waals surface area contributed by atoms with Crippen LogP contribution in [0, 0.1) is 17.3 Å². The van der Waals surface area contributed by atoms with Crippen LogP contribution in [0.3, 0.4) is 0 Å². The lowest BCUT2D eigenvalue weighted by molar-refractivity contribution is -0.131. The summed E-state index contributed by atoms with van der Waals surface area (Å²) in [5.74, 6) is 0.870. The molecule has 0 aromatic rings. The third-order valence-electron chi connectivity index (χ3n) is 5.74. The maximum atomic E-state index is 10.7. The third-order valence-corrected chi connectivity index (χ3v) is 6.34. The SMILES string of the molecule is CCCCC(C)(C)CCC[C@H]1CCC[C@@H]1CCC=CC=C(Br)C(=O)O. The van der Waals surface area contributed by atoms with E-state index in [2.05, 4.69) is 42.8 Å². The summed E-state index contributed by atoms with van der Waals surface area (Å²) in [5.41, 5.74) is 0.511. The predicted molar refractivity (Wildman–Crippen MR) is 111 cm³/mol. The maximum absolute atomic E-state index is 10.7. The highest BCUT2D eigenvalue weighted by atomic mass is 79.9. The molecule has 2 nitrogen and oxygen atoms in total. The Hall–Kier alpha value is -0.570. The molecule has 25 heavy (non-hydrogen) atoms. The summed E-state index contributed by atoms with van der Waals surface area (Å²) < 4.78 is 0.216. The molecule has 0 saturated heterocycles. The summed E-state index contributed by atoms with van der Waals surface area (Å²) >= 11 is 3.04. The van der Waals surface area contributed by atoms with Crippen LogP contribution >= 0.6 is 15.9 Å². The summed E-state index contributed by atoms with van der Waals surface area (Å²) in [5, 5.41) is 8.78. The lowest BCUT2D eigenvalue weighted by atomic mass is 9.80. The minimum atomic E-state index is -0.914. The average molecular weight is 413 g/mol. The van der Waals surface area contributed by atoms with E-state index in [-0.39, 0.29) is 4.48 Å². The number of carboxylic acids is 1. The Bertz CT molecular complexity index is 451. The number of hydrogen-bond acceptors (Lipinski definition) is 1. The molecule has 0 aliphatic heterocycles. The molecule has 3 heteroatoms. The zero-order chi connectivity index (χ0) is 18.7. The molecule has 0 radical (unpaired) electrons. The molecule has 0 aromatic heterocycles. The van der Waals surface area contributed by atoms with Crippen molar-refractivity contribution < 1.29 is 9.90 Å². The van der Waals surface area contributed by atoms with Gasteiger partial charge < -0.3 is 5.11 Å². The fraction of sp³-hybridized carbons (Fsp3) is 0.773. The number of rotatable bonds is 12. The van der Waals surface area contributed by atoms with Crippen molar-refractivity contribution in [2.45, 2.75) is 91.4 Å². The van der Waals surface area contributed by atoms with E-state index in [1.807, 2.05) is 6.08 Å². The van der Waals surface area contributed by atoms with Crippen molar-refractivity contribution in [1.82, 2.24) is 0 Å².